The van der Waals surface area contributed by atoms with Crippen molar-refractivity contribution in [2.45, 2.75) is 68.7 Å². The van der Waals surface area contributed by atoms with E-state index in [-0.39, 0.29) is 0 Å². The van der Waals surface area contributed by atoms with Crippen LogP contribution in [-0.4, -0.2) is 15.9 Å². The van der Waals surface area contributed by atoms with Crippen LogP contribution in [0.3, 0.4) is 0 Å². The number of halogens is 3. The van der Waals surface area contributed by atoms with Crippen molar-refractivity contribution < 1.29 is 9.53 Å². The average Bonchev–Trinajstić information content (AvgIpc) is 2.19. The molecular weight excluding hydrogens is 282 g/mol. The Kier molecular flexibility index (Phi) is 9.48. The summed E-state index contributed by atoms with van der Waals surface area (Å²) in [6.07, 6.45) is 6.86. The van der Waals surface area contributed by atoms with Crippen LogP contribution in [0, 0.1) is 0 Å². The number of rotatable bonds is 8. The maximum absolute atomic E-state index is 10.9. The highest BCUT2D eigenvalue weighted by atomic mass is 35.6. The van der Waals surface area contributed by atoms with Crippen molar-refractivity contribution in [2.75, 3.05) is 0 Å². The molecule has 102 valence electrons. The molecule has 0 aliphatic rings. The second-order valence-electron chi connectivity index (χ2n) is 4.20. The van der Waals surface area contributed by atoms with Gasteiger partial charge in [-0.05, 0) is 12.8 Å². The first-order valence-corrected chi connectivity index (χ1v) is 7.25. The SMILES string of the molecule is CCCCCCCCC(OC(C)=O)C(Cl)(Cl)Cl. The van der Waals surface area contributed by atoms with Gasteiger partial charge in [-0.2, -0.15) is 0 Å². The van der Waals surface area contributed by atoms with E-state index in [2.05, 4.69) is 6.92 Å². The van der Waals surface area contributed by atoms with Gasteiger partial charge in [0, 0.05) is 6.92 Å². The van der Waals surface area contributed by atoms with Gasteiger partial charge < -0.3 is 4.74 Å². The molecule has 0 radical (unpaired) electrons. The van der Waals surface area contributed by atoms with Crippen molar-refractivity contribution in [3.05, 3.63) is 0 Å². The van der Waals surface area contributed by atoms with Crippen LogP contribution in [0.25, 0.3) is 0 Å². The van der Waals surface area contributed by atoms with Gasteiger partial charge in [-0.1, -0.05) is 73.8 Å². The fraction of sp³-hybridized carbons (Fsp3) is 0.917. The standard InChI is InChI=1S/C12H21Cl3O2/c1-3-4-5-6-7-8-9-11(12(13,14)15)17-10(2)16/h11H,3-9H2,1-2H3. The van der Waals surface area contributed by atoms with Gasteiger partial charge in [0.15, 0.2) is 0 Å². The number of hydrogen-bond acceptors (Lipinski definition) is 2. The fourth-order valence-electron chi connectivity index (χ4n) is 1.60. The minimum Gasteiger partial charge on any atom is -0.458 e. The van der Waals surface area contributed by atoms with Crippen molar-refractivity contribution in [1.82, 2.24) is 0 Å². The molecule has 17 heavy (non-hydrogen) atoms. The molecule has 0 rings (SSSR count). The van der Waals surface area contributed by atoms with E-state index in [0.29, 0.717) is 6.42 Å². The van der Waals surface area contributed by atoms with Crippen LogP contribution >= 0.6 is 34.8 Å². The zero-order chi connectivity index (χ0) is 13.3. The van der Waals surface area contributed by atoms with Crippen LogP contribution in [0.5, 0.6) is 0 Å². The summed E-state index contributed by atoms with van der Waals surface area (Å²) in [5.74, 6) is -0.410. The van der Waals surface area contributed by atoms with E-state index in [1.807, 2.05) is 0 Å². The van der Waals surface area contributed by atoms with Gasteiger partial charge in [-0.3, -0.25) is 4.79 Å². The monoisotopic (exact) mass is 302 g/mol. The number of hydrogen-bond donors (Lipinski definition) is 0. The van der Waals surface area contributed by atoms with Crippen LogP contribution in [0.1, 0.15) is 58.8 Å². The lowest BCUT2D eigenvalue weighted by atomic mass is 10.1. The molecule has 0 heterocycles. The Morgan fingerprint density at radius 2 is 1.65 bits per heavy atom. The molecule has 0 bridgehead atoms. The van der Waals surface area contributed by atoms with Crippen molar-refractivity contribution >= 4 is 40.8 Å². The van der Waals surface area contributed by atoms with Crippen LogP contribution < -0.4 is 0 Å². The highest BCUT2D eigenvalue weighted by Gasteiger charge is 2.34. The summed E-state index contributed by atoms with van der Waals surface area (Å²) in [7, 11) is 0. The Balaban J connectivity index is 3.81. The van der Waals surface area contributed by atoms with Gasteiger partial charge >= 0.3 is 5.97 Å². The summed E-state index contributed by atoms with van der Waals surface area (Å²) in [4.78, 5) is 10.9. The minimum atomic E-state index is -1.53. The lowest BCUT2D eigenvalue weighted by molar-refractivity contribution is -0.146. The Morgan fingerprint density at radius 3 is 2.12 bits per heavy atom. The number of esters is 1. The van der Waals surface area contributed by atoms with Gasteiger partial charge in [0.05, 0.1) is 0 Å². The Bertz CT molecular complexity index is 214. The van der Waals surface area contributed by atoms with Crippen molar-refractivity contribution in [3.8, 4) is 0 Å². The number of alkyl halides is 3. The summed E-state index contributed by atoms with van der Waals surface area (Å²) in [5, 5.41) is 0. The lowest BCUT2D eigenvalue weighted by Crippen LogP contribution is -2.30. The summed E-state index contributed by atoms with van der Waals surface area (Å²) in [6, 6.07) is 0. The number of carbonyl (C=O) groups is 1. The highest BCUT2D eigenvalue weighted by molar-refractivity contribution is 6.68. The molecule has 1 unspecified atom stereocenters. The molecule has 0 spiro atoms. The van der Waals surface area contributed by atoms with E-state index in [1.165, 1.54) is 32.6 Å². The van der Waals surface area contributed by atoms with E-state index in [0.717, 1.165) is 12.8 Å². The summed E-state index contributed by atoms with van der Waals surface area (Å²) in [6.45, 7) is 3.50. The van der Waals surface area contributed by atoms with Gasteiger partial charge in [0.25, 0.3) is 0 Å². The molecule has 0 saturated heterocycles. The third-order valence-electron chi connectivity index (χ3n) is 2.49. The molecule has 0 saturated carbocycles. The fourth-order valence-corrected chi connectivity index (χ4v) is 2.06. The molecule has 0 aromatic carbocycles. The second kappa shape index (κ2) is 9.29. The molecule has 5 heteroatoms. The van der Waals surface area contributed by atoms with E-state index in [4.69, 9.17) is 39.5 Å². The first-order valence-electron chi connectivity index (χ1n) is 6.11. The quantitative estimate of drug-likeness (QED) is 0.357. The predicted octanol–water partition coefficient (Wildman–Crippen LogP) is 5.04. The predicted molar refractivity (Wildman–Crippen MR) is 73.8 cm³/mol. The topological polar surface area (TPSA) is 26.3 Å². The Hall–Kier alpha value is 0.340. The van der Waals surface area contributed by atoms with Gasteiger partial charge in [0.2, 0.25) is 3.79 Å². The molecule has 0 aromatic rings. The molecule has 0 aliphatic carbocycles. The molecule has 2 nitrogen and oxygen atoms in total. The minimum absolute atomic E-state index is 0.410. The zero-order valence-electron chi connectivity index (χ0n) is 10.5. The average molecular weight is 304 g/mol. The number of ether oxygens (including phenoxy) is 1. The van der Waals surface area contributed by atoms with Gasteiger partial charge in [-0.15, -0.1) is 0 Å². The second-order valence-corrected chi connectivity index (χ2v) is 6.57. The lowest BCUT2D eigenvalue weighted by Gasteiger charge is -2.23. The number of carbonyl (C=O) groups excluding carboxylic acids is 1. The summed E-state index contributed by atoms with van der Waals surface area (Å²) in [5.41, 5.74) is 0. The molecule has 0 amide bonds. The first-order chi connectivity index (χ1) is 7.88. The molecule has 0 N–H and O–H groups in total. The molecule has 0 aliphatic heterocycles. The molecular formula is C12H21Cl3O2. The van der Waals surface area contributed by atoms with Crippen LogP contribution in [0.2, 0.25) is 0 Å². The Labute approximate surface area is 119 Å². The van der Waals surface area contributed by atoms with E-state index in [1.54, 1.807) is 0 Å². The smallest absolute Gasteiger partial charge is 0.303 e. The van der Waals surface area contributed by atoms with E-state index >= 15 is 0 Å². The molecule has 0 aromatic heterocycles. The van der Waals surface area contributed by atoms with E-state index in [9.17, 15) is 4.79 Å². The Morgan fingerprint density at radius 1 is 1.12 bits per heavy atom. The highest BCUT2D eigenvalue weighted by Crippen LogP contribution is 2.35. The first kappa shape index (κ1) is 17.3. The number of unbranched alkanes of at least 4 members (excludes halogenated alkanes) is 5. The largest absolute Gasteiger partial charge is 0.458 e. The van der Waals surface area contributed by atoms with Gasteiger partial charge in [0.1, 0.15) is 6.10 Å². The maximum atomic E-state index is 10.9. The summed E-state index contributed by atoms with van der Waals surface area (Å²) >= 11 is 17.3. The third kappa shape index (κ3) is 9.99. The van der Waals surface area contributed by atoms with Crippen molar-refractivity contribution in [2.24, 2.45) is 0 Å². The zero-order valence-corrected chi connectivity index (χ0v) is 12.7. The van der Waals surface area contributed by atoms with Crippen molar-refractivity contribution in [1.29, 1.82) is 0 Å². The van der Waals surface area contributed by atoms with Crippen LogP contribution in [0.4, 0.5) is 0 Å². The molecule has 1 atom stereocenters. The van der Waals surface area contributed by atoms with Crippen LogP contribution in [-0.2, 0) is 9.53 Å². The normalized spacial score (nSPS) is 13.5. The van der Waals surface area contributed by atoms with Crippen LogP contribution in [0.15, 0.2) is 0 Å². The van der Waals surface area contributed by atoms with Crippen molar-refractivity contribution in [3.63, 3.8) is 0 Å². The van der Waals surface area contributed by atoms with E-state index < -0.39 is 15.9 Å². The molecule has 0 fully saturated rings. The summed E-state index contributed by atoms with van der Waals surface area (Å²) < 4.78 is 3.48. The van der Waals surface area contributed by atoms with Gasteiger partial charge in [-0.25, -0.2) is 0 Å². The third-order valence-corrected chi connectivity index (χ3v) is 3.22. The maximum Gasteiger partial charge on any atom is 0.303 e.